The predicted molar refractivity (Wildman–Crippen MR) is 331 cm³/mol. The van der Waals surface area contributed by atoms with Gasteiger partial charge in [-0.25, -0.2) is 43.2 Å². The van der Waals surface area contributed by atoms with Crippen molar-refractivity contribution < 1.29 is 57.4 Å². The molecule has 6 bridgehead atoms. The molecule has 0 saturated heterocycles. The van der Waals surface area contributed by atoms with Crippen LogP contribution in [0.5, 0.6) is 0 Å². The number of nitrogens with one attached hydrogen (secondary N) is 12. The molecule has 24 heteroatoms. The van der Waals surface area contributed by atoms with Gasteiger partial charge < -0.3 is 78.0 Å². The first-order valence-corrected chi connectivity index (χ1v) is 29.5. The molecule has 0 atom stereocenters. The summed E-state index contributed by atoms with van der Waals surface area (Å²) in [4.78, 5) is 125. The third-order valence-electron chi connectivity index (χ3n) is 15.1. The molecule has 0 spiro atoms. The van der Waals surface area contributed by atoms with Crippen LogP contribution in [0, 0.1) is 0 Å². The molecule has 462 valence electrons. The number of hydrogen-bond acceptors (Lipinski definition) is 12. The molecule has 0 aliphatic carbocycles. The summed E-state index contributed by atoms with van der Waals surface area (Å²) in [5.41, 5.74) is 9.84. The van der Waals surface area contributed by atoms with E-state index in [1.807, 2.05) is 41.5 Å². The highest BCUT2D eigenvalue weighted by molar-refractivity contribution is 6.04. The Kier molecular flexibility index (Phi) is 22.5. The van der Waals surface area contributed by atoms with Gasteiger partial charge in [-0.05, 0) is 181 Å². The zero-order valence-corrected chi connectivity index (χ0v) is 50.7. The van der Waals surface area contributed by atoms with Crippen LogP contribution in [0.1, 0.15) is 160 Å². The van der Waals surface area contributed by atoms with Crippen molar-refractivity contribution in [3.8, 4) is 0 Å². The molecule has 5 aromatic rings. The normalized spacial score (nSPS) is 14.2. The molecule has 0 unspecified atom stereocenters. The molecular formula is C63H78N12O12. The van der Waals surface area contributed by atoms with Gasteiger partial charge in [-0.3, -0.25) is 0 Å². The van der Waals surface area contributed by atoms with E-state index in [2.05, 4.69) is 63.8 Å². The summed E-state index contributed by atoms with van der Waals surface area (Å²) in [7, 11) is 0. The molecule has 24 nitrogen and oxygen atoms in total. The van der Waals surface area contributed by atoms with Gasteiger partial charge in [-0.15, -0.1) is 0 Å². The van der Waals surface area contributed by atoms with Crippen LogP contribution in [0.3, 0.4) is 0 Å². The van der Waals surface area contributed by atoms with E-state index in [0.717, 1.165) is 33.4 Å². The van der Waals surface area contributed by atoms with Crippen LogP contribution in [0.25, 0.3) is 0 Å². The van der Waals surface area contributed by atoms with Crippen molar-refractivity contribution >= 4 is 88.2 Å². The maximum Gasteiger partial charge on any atom is 0.338 e. The van der Waals surface area contributed by atoms with Crippen LogP contribution in [0.2, 0.25) is 0 Å². The highest BCUT2D eigenvalue weighted by atomic mass is 16.5. The number of fused-ring (bicyclic) bond motifs is 18. The first-order chi connectivity index (χ1) is 41.9. The van der Waals surface area contributed by atoms with Crippen LogP contribution in [-0.2, 0) is 92.0 Å². The number of ether oxygens (including phenoxy) is 3. The molecule has 5 aromatic carbocycles. The number of esters is 3. The van der Waals surface area contributed by atoms with Crippen molar-refractivity contribution in [1.29, 1.82) is 0 Å². The molecular weight excluding hydrogens is 1120 g/mol. The Hall–Kier alpha value is -9.87. The number of urea groups is 6. The zero-order valence-electron chi connectivity index (χ0n) is 50.7. The average molecular weight is 1200 g/mol. The number of hydrogen-bond donors (Lipinski definition) is 12. The molecule has 3 aliphatic heterocycles. The maximum absolute atomic E-state index is 14.4. The smallest absolute Gasteiger partial charge is 0.338 e. The molecule has 3 aliphatic rings. The quantitative estimate of drug-likeness (QED) is 0.0410. The van der Waals surface area contributed by atoms with E-state index in [0.29, 0.717) is 71.9 Å². The van der Waals surface area contributed by atoms with Crippen LogP contribution in [0.4, 0.5) is 62.9 Å². The predicted octanol–water partition coefficient (Wildman–Crippen LogP) is 10.1. The lowest BCUT2D eigenvalue weighted by molar-refractivity contribution is 0.0517. The Labute approximate surface area is 505 Å². The molecule has 0 aromatic heterocycles. The fourth-order valence-corrected chi connectivity index (χ4v) is 11.3. The zero-order chi connectivity index (χ0) is 62.9. The molecule has 8 rings (SSSR count). The van der Waals surface area contributed by atoms with Crippen molar-refractivity contribution in [2.45, 2.75) is 140 Å². The Morgan fingerprint density at radius 3 is 0.655 bits per heavy atom. The van der Waals surface area contributed by atoms with E-state index in [-0.39, 0.29) is 110 Å². The number of benzene rings is 5. The second-order valence-electron chi connectivity index (χ2n) is 20.2. The van der Waals surface area contributed by atoms with Gasteiger partial charge in [-0.2, -0.15) is 0 Å². The van der Waals surface area contributed by atoms with E-state index in [9.17, 15) is 43.2 Å². The van der Waals surface area contributed by atoms with Crippen molar-refractivity contribution in [2.24, 2.45) is 0 Å². The standard InChI is InChI=1S/C63H78N12O12/c1-10-37-43-28-64-58(79)70-49-22-19-34(55(76)85-16-7)25-52(49)73-61(82)67-31-46-40(13-4)47-32-68-62(83)74-53-26-35(56(77)86-17-8)20-23-50(53)71-59(80)65-29-44(37)39(12-3)45(38(43)11-2)30-66-60(81)72-51-24-21-36(57(78)87-18-9)27-54(51)75-63(84)69-33-48(41(46)14-5)42(47)15-6/h19-27H,10-18,28-33H2,1-9H3,(H2,64,70,79)(H2,65,71,80)(H2,66,72,81)(H2,67,73,82)(H2,68,74,83)(H2,69,75,84). The highest BCUT2D eigenvalue weighted by Crippen LogP contribution is 2.35. The highest BCUT2D eigenvalue weighted by Gasteiger charge is 2.27. The van der Waals surface area contributed by atoms with Crippen LogP contribution < -0.4 is 63.8 Å². The average Bonchev–Trinajstić information content (AvgIpc) is 1.62. The summed E-state index contributed by atoms with van der Waals surface area (Å²) >= 11 is 0. The van der Waals surface area contributed by atoms with Gasteiger partial charge in [0.2, 0.25) is 0 Å². The van der Waals surface area contributed by atoms with Crippen molar-refractivity contribution in [1.82, 2.24) is 31.9 Å². The summed E-state index contributed by atoms with van der Waals surface area (Å²) in [5.74, 6) is -1.98. The van der Waals surface area contributed by atoms with Crippen molar-refractivity contribution in [2.75, 3.05) is 51.7 Å². The number of rotatable bonds is 12. The van der Waals surface area contributed by atoms with Crippen LogP contribution >= 0.6 is 0 Å². The van der Waals surface area contributed by atoms with Gasteiger partial charge in [0.1, 0.15) is 0 Å². The van der Waals surface area contributed by atoms with Crippen LogP contribution in [0.15, 0.2) is 54.6 Å². The monoisotopic (exact) mass is 1190 g/mol. The minimum absolute atomic E-state index is 0.0567. The van der Waals surface area contributed by atoms with Gasteiger partial charge >= 0.3 is 54.1 Å². The summed E-state index contributed by atoms with van der Waals surface area (Å²) in [6.07, 6.45) is 2.51. The Bertz CT molecular complexity index is 3090. The van der Waals surface area contributed by atoms with Gasteiger partial charge in [-0.1, -0.05) is 41.5 Å². The number of amides is 12. The first-order valence-electron chi connectivity index (χ1n) is 29.5. The molecule has 0 radical (unpaired) electrons. The largest absolute Gasteiger partial charge is 0.462 e. The molecule has 3 heterocycles. The molecule has 87 heavy (non-hydrogen) atoms. The fourth-order valence-electron chi connectivity index (χ4n) is 11.3. The third kappa shape index (κ3) is 15.5. The van der Waals surface area contributed by atoms with Crippen molar-refractivity contribution in [3.05, 3.63) is 138 Å². The lowest BCUT2D eigenvalue weighted by atomic mass is 9.83. The molecule has 12 N–H and O–H groups in total. The van der Waals surface area contributed by atoms with E-state index < -0.39 is 54.1 Å². The van der Waals surface area contributed by atoms with Gasteiger partial charge in [0.25, 0.3) is 0 Å². The summed E-state index contributed by atoms with van der Waals surface area (Å²) < 4.78 is 15.9. The van der Waals surface area contributed by atoms with Gasteiger partial charge in [0, 0.05) is 39.3 Å². The van der Waals surface area contributed by atoms with Gasteiger partial charge in [0.05, 0.1) is 70.6 Å². The fraction of sp³-hybridized carbons (Fsp3) is 0.381. The Morgan fingerprint density at radius 1 is 0.299 bits per heavy atom. The number of anilines is 6. The number of carbonyl (C=O) groups is 9. The van der Waals surface area contributed by atoms with E-state index in [1.165, 1.54) is 54.6 Å². The molecule has 0 saturated carbocycles. The second kappa shape index (κ2) is 30.3. The van der Waals surface area contributed by atoms with E-state index in [1.54, 1.807) is 20.8 Å². The second-order valence-corrected chi connectivity index (χ2v) is 20.2. The Morgan fingerprint density at radius 2 is 0.483 bits per heavy atom. The van der Waals surface area contributed by atoms with E-state index in [4.69, 9.17) is 14.2 Å². The third-order valence-corrected chi connectivity index (χ3v) is 15.1. The SMILES string of the molecule is CCOC(=O)c1ccc2c(c1)NC(=O)NCc1c(CC)c3c(CC)c(c1CC)CNC(=O)Nc1cc(C(=O)OCC)ccc1NC(=O)NCc1c(CC)c(c(CC)c(c1CC)CNC(=O)Nc1ccc(C(=O)OCC)cc1NC(=O)NC3)CNC(=O)N2. The lowest BCUT2D eigenvalue weighted by Crippen LogP contribution is -2.35. The molecule has 12 amide bonds. The summed E-state index contributed by atoms with van der Waals surface area (Å²) in [5, 5.41) is 35.0. The topological polar surface area (TPSA) is 326 Å². The summed E-state index contributed by atoms with van der Waals surface area (Å²) in [6.45, 7) is 16.4. The van der Waals surface area contributed by atoms with E-state index >= 15 is 0 Å². The van der Waals surface area contributed by atoms with Crippen molar-refractivity contribution in [3.63, 3.8) is 0 Å². The first kappa shape index (κ1) is 64.7. The Balaban J connectivity index is 1.48. The van der Waals surface area contributed by atoms with Gasteiger partial charge in [0.15, 0.2) is 0 Å². The summed E-state index contributed by atoms with van der Waals surface area (Å²) in [6, 6.07) is 8.92. The number of carbonyl (C=O) groups excluding carboxylic acids is 9. The van der Waals surface area contributed by atoms with Crippen LogP contribution in [-0.4, -0.2) is 73.9 Å². The minimum atomic E-state index is -0.705. The lowest BCUT2D eigenvalue weighted by Gasteiger charge is -2.27. The molecule has 0 fully saturated rings. The maximum atomic E-state index is 14.4. The minimum Gasteiger partial charge on any atom is -0.462 e.